The fraction of sp³-hybridized carbons (Fsp3) is 0.455. The molecule has 0 aliphatic rings. The van der Waals surface area contributed by atoms with Crippen LogP contribution in [0.3, 0.4) is 0 Å². The van der Waals surface area contributed by atoms with E-state index in [0.29, 0.717) is 11.1 Å². The zero-order chi connectivity index (χ0) is 18.2. The summed E-state index contributed by atoms with van der Waals surface area (Å²) in [6, 6.07) is 11.1. The van der Waals surface area contributed by atoms with Gasteiger partial charge in [0.2, 0.25) is 0 Å². The molecule has 3 heteroatoms. The van der Waals surface area contributed by atoms with E-state index in [4.69, 9.17) is 0 Å². The average Bonchev–Trinajstić information content (AvgIpc) is 2.61. The van der Waals surface area contributed by atoms with Gasteiger partial charge in [0.05, 0.1) is 0 Å². The summed E-state index contributed by atoms with van der Waals surface area (Å²) in [6.07, 6.45) is 8.67. The molecule has 0 amide bonds. The van der Waals surface area contributed by atoms with Gasteiger partial charge in [0.25, 0.3) is 0 Å². The van der Waals surface area contributed by atoms with Crippen molar-refractivity contribution in [1.82, 2.24) is 0 Å². The molecule has 0 saturated carbocycles. The smallest absolute Gasteiger partial charge is 0.166 e. The van der Waals surface area contributed by atoms with Crippen molar-refractivity contribution in [3.8, 4) is 11.1 Å². The first-order chi connectivity index (χ1) is 12.0. The van der Waals surface area contributed by atoms with Gasteiger partial charge in [-0.15, -0.1) is 0 Å². The van der Waals surface area contributed by atoms with Gasteiger partial charge in [-0.25, -0.2) is 8.78 Å². The van der Waals surface area contributed by atoms with Gasteiger partial charge in [-0.05, 0) is 49.3 Å². The molecule has 0 aromatic heterocycles. The molecule has 0 radical (unpaired) electrons. The normalized spacial score (nSPS) is 12.4. The lowest BCUT2D eigenvalue weighted by molar-refractivity contribution is 0.505. The fourth-order valence-electron chi connectivity index (χ4n) is 3.05. The number of hydrogen-bond donors (Lipinski definition) is 0. The molecule has 2 aromatic rings. The molecule has 0 heterocycles. The van der Waals surface area contributed by atoms with E-state index in [1.165, 1.54) is 44.1 Å². The molecule has 0 N–H and O–H groups in total. The molecular formula is C22H27F2I. The Morgan fingerprint density at radius 1 is 0.880 bits per heavy atom. The predicted octanol–water partition coefficient (Wildman–Crippen LogP) is 7.65. The zero-order valence-corrected chi connectivity index (χ0v) is 17.3. The van der Waals surface area contributed by atoms with E-state index in [0.717, 1.165) is 15.9 Å². The van der Waals surface area contributed by atoms with E-state index in [9.17, 15) is 8.78 Å². The van der Waals surface area contributed by atoms with Crippen LogP contribution in [0.25, 0.3) is 11.1 Å². The second-order valence-electron chi connectivity index (χ2n) is 6.74. The topological polar surface area (TPSA) is 0 Å². The third-order valence-electron chi connectivity index (χ3n) is 4.63. The standard InChI is InChI=1S/C22H27F2I/c1-3-7-19(25)9-6-4-5-8-17-11-13-18(14-12-17)20-15-10-16(2)21(23)22(20)24/h10-15,19H,3-9H2,1-2H3. The molecule has 1 unspecified atom stereocenters. The van der Waals surface area contributed by atoms with Crippen LogP contribution in [0.5, 0.6) is 0 Å². The minimum absolute atomic E-state index is 0.332. The molecule has 25 heavy (non-hydrogen) atoms. The first-order valence-electron chi connectivity index (χ1n) is 9.21. The summed E-state index contributed by atoms with van der Waals surface area (Å²) < 4.78 is 28.6. The predicted molar refractivity (Wildman–Crippen MR) is 111 cm³/mol. The van der Waals surface area contributed by atoms with Crippen molar-refractivity contribution < 1.29 is 8.78 Å². The fourth-order valence-corrected chi connectivity index (χ4v) is 4.11. The Morgan fingerprint density at radius 2 is 1.60 bits per heavy atom. The molecule has 2 aromatic carbocycles. The van der Waals surface area contributed by atoms with Crippen LogP contribution in [0.15, 0.2) is 36.4 Å². The minimum atomic E-state index is -0.756. The largest absolute Gasteiger partial charge is 0.203 e. The van der Waals surface area contributed by atoms with Gasteiger partial charge in [-0.3, -0.25) is 0 Å². The maximum atomic E-state index is 14.1. The maximum Gasteiger partial charge on any atom is 0.166 e. The van der Waals surface area contributed by atoms with Crippen LogP contribution in [0, 0.1) is 18.6 Å². The molecule has 1 atom stereocenters. The van der Waals surface area contributed by atoms with Crippen molar-refractivity contribution in [3.05, 3.63) is 59.2 Å². The summed E-state index contributed by atoms with van der Waals surface area (Å²) in [7, 11) is 0. The zero-order valence-electron chi connectivity index (χ0n) is 15.1. The molecule has 136 valence electrons. The number of halogens is 3. The Bertz CT molecular complexity index is 664. The first kappa shape index (κ1) is 20.3. The number of alkyl halides is 1. The third-order valence-corrected chi connectivity index (χ3v) is 5.87. The van der Waals surface area contributed by atoms with Gasteiger partial charge >= 0.3 is 0 Å². The molecule has 0 saturated heterocycles. The monoisotopic (exact) mass is 456 g/mol. The molecule has 0 aliphatic carbocycles. The summed E-state index contributed by atoms with van der Waals surface area (Å²) in [6.45, 7) is 3.82. The van der Waals surface area contributed by atoms with Gasteiger partial charge in [-0.2, -0.15) is 0 Å². The highest BCUT2D eigenvalue weighted by molar-refractivity contribution is 14.1. The Kier molecular flexibility index (Phi) is 8.34. The van der Waals surface area contributed by atoms with Crippen molar-refractivity contribution in [2.75, 3.05) is 0 Å². The van der Waals surface area contributed by atoms with Crippen LogP contribution < -0.4 is 0 Å². The molecular weight excluding hydrogens is 429 g/mol. The lowest BCUT2D eigenvalue weighted by Crippen LogP contribution is -1.96. The van der Waals surface area contributed by atoms with Gasteiger partial charge in [0.1, 0.15) is 0 Å². The van der Waals surface area contributed by atoms with E-state index < -0.39 is 11.6 Å². The van der Waals surface area contributed by atoms with Crippen LogP contribution in [-0.4, -0.2) is 3.92 Å². The van der Waals surface area contributed by atoms with Crippen LogP contribution in [0.4, 0.5) is 8.78 Å². The summed E-state index contributed by atoms with van der Waals surface area (Å²) in [4.78, 5) is 0. The van der Waals surface area contributed by atoms with Gasteiger partial charge in [0.15, 0.2) is 11.6 Å². The summed E-state index contributed by atoms with van der Waals surface area (Å²) in [5.74, 6) is -1.51. The van der Waals surface area contributed by atoms with Crippen molar-refractivity contribution >= 4 is 22.6 Å². The first-order valence-corrected chi connectivity index (χ1v) is 10.5. The van der Waals surface area contributed by atoms with Gasteiger partial charge in [-0.1, -0.05) is 85.2 Å². The number of hydrogen-bond acceptors (Lipinski definition) is 0. The highest BCUT2D eigenvalue weighted by atomic mass is 127. The lowest BCUT2D eigenvalue weighted by atomic mass is 9.99. The maximum absolute atomic E-state index is 14.1. The van der Waals surface area contributed by atoms with E-state index in [1.54, 1.807) is 19.1 Å². The molecule has 0 aliphatic heterocycles. The van der Waals surface area contributed by atoms with Crippen molar-refractivity contribution in [2.24, 2.45) is 0 Å². The quantitative estimate of drug-likeness (QED) is 0.207. The summed E-state index contributed by atoms with van der Waals surface area (Å²) in [5, 5.41) is 0. The molecule has 0 fully saturated rings. The molecule has 0 spiro atoms. The Balaban J connectivity index is 1.85. The number of unbranched alkanes of at least 4 members (excludes halogenated alkanes) is 2. The van der Waals surface area contributed by atoms with Crippen molar-refractivity contribution in [2.45, 2.75) is 62.7 Å². The van der Waals surface area contributed by atoms with Gasteiger partial charge < -0.3 is 0 Å². The van der Waals surface area contributed by atoms with E-state index in [-0.39, 0.29) is 0 Å². The minimum Gasteiger partial charge on any atom is -0.203 e. The second kappa shape index (κ2) is 10.2. The number of benzene rings is 2. The van der Waals surface area contributed by atoms with Crippen molar-refractivity contribution in [3.63, 3.8) is 0 Å². The molecule has 0 nitrogen and oxygen atoms in total. The third kappa shape index (κ3) is 6.05. The Morgan fingerprint density at radius 3 is 2.28 bits per heavy atom. The Hall–Kier alpha value is -0.970. The van der Waals surface area contributed by atoms with Crippen LogP contribution >= 0.6 is 22.6 Å². The number of rotatable bonds is 9. The van der Waals surface area contributed by atoms with E-state index in [1.807, 2.05) is 24.3 Å². The number of aryl methyl sites for hydroxylation is 2. The molecule has 2 rings (SSSR count). The van der Waals surface area contributed by atoms with Crippen LogP contribution in [0.2, 0.25) is 0 Å². The SMILES string of the molecule is CCCC(I)CCCCCc1ccc(-c2ccc(C)c(F)c2F)cc1. The lowest BCUT2D eigenvalue weighted by Gasteiger charge is -2.09. The van der Waals surface area contributed by atoms with E-state index in [2.05, 4.69) is 29.5 Å². The summed E-state index contributed by atoms with van der Waals surface area (Å²) in [5.41, 5.74) is 2.66. The van der Waals surface area contributed by atoms with Gasteiger partial charge in [0, 0.05) is 9.49 Å². The highest BCUT2D eigenvalue weighted by Crippen LogP contribution is 2.26. The second-order valence-corrected chi connectivity index (χ2v) is 8.50. The highest BCUT2D eigenvalue weighted by Gasteiger charge is 2.12. The summed E-state index contributed by atoms with van der Waals surface area (Å²) >= 11 is 2.56. The van der Waals surface area contributed by atoms with E-state index >= 15 is 0 Å². The molecule has 0 bridgehead atoms. The van der Waals surface area contributed by atoms with Crippen LogP contribution in [-0.2, 0) is 6.42 Å². The van der Waals surface area contributed by atoms with Crippen LogP contribution in [0.1, 0.15) is 56.6 Å². The van der Waals surface area contributed by atoms with Crippen molar-refractivity contribution in [1.29, 1.82) is 0 Å². The Labute approximate surface area is 164 Å². The average molecular weight is 456 g/mol.